The van der Waals surface area contributed by atoms with Crippen LogP contribution in [0.25, 0.3) is 0 Å². The van der Waals surface area contributed by atoms with Gasteiger partial charge < -0.3 is 34.0 Å². The zero-order valence-corrected chi connectivity index (χ0v) is 22.5. The third-order valence-corrected chi connectivity index (χ3v) is 6.47. The average molecular weight is 543 g/mol. The fraction of sp³-hybridized carbons (Fsp3) is 0.310. The lowest BCUT2D eigenvalue weighted by Crippen LogP contribution is -2.55. The van der Waals surface area contributed by atoms with Gasteiger partial charge in [0, 0.05) is 28.8 Å². The van der Waals surface area contributed by atoms with Crippen LogP contribution in [0, 0.1) is 5.82 Å². The van der Waals surface area contributed by atoms with Gasteiger partial charge in [-0.2, -0.15) is 0 Å². The van der Waals surface area contributed by atoms with Gasteiger partial charge in [-0.05, 0) is 37.3 Å². The highest BCUT2D eigenvalue weighted by molar-refractivity contribution is 5.77. The molecular formula is C29H32F2N2O6. The number of halogens is 2. The van der Waals surface area contributed by atoms with E-state index in [4.69, 9.17) is 18.9 Å². The molecule has 0 fully saturated rings. The number of methoxy groups -OCH3 is 4. The van der Waals surface area contributed by atoms with E-state index in [2.05, 4.69) is 5.32 Å². The largest absolute Gasteiger partial charge is 0.497 e. The highest BCUT2D eigenvalue weighted by atomic mass is 19.1. The number of aldehydes is 1. The first kappa shape index (κ1) is 29.2. The predicted octanol–water partition coefficient (Wildman–Crippen LogP) is 5.02. The van der Waals surface area contributed by atoms with E-state index >= 15 is 4.39 Å². The Labute approximate surface area is 226 Å². The second-order valence-corrected chi connectivity index (χ2v) is 8.86. The SMILES string of the molecule is COc1ccc(CN(Cc2ccc(OC)cc2OC)C(=O)N[C@](C)(c2ccccc2F)[C@@H](F)C=O)c(OC)c1. The van der Waals surface area contributed by atoms with Crippen LogP contribution in [0.2, 0.25) is 0 Å². The summed E-state index contributed by atoms with van der Waals surface area (Å²) in [5, 5.41) is 2.57. The van der Waals surface area contributed by atoms with Gasteiger partial charge in [-0.25, -0.2) is 13.6 Å². The number of ether oxygens (including phenoxy) is 4. The highest BCUT2D eigenvalue weighted by Gasteiger charge is 2.41. The first-order chi connectivity index (χ1) is 18.7. The van der Waals surface area contributed by atoms with Crippen molar-refractivity contribution in [1.82, 2.24) is 10.2 Å². The molecule has 0 aliphatic rings. The van der Waals surface area contributed by atoms with Crippen molar-refractivity contribution < 1.29 is 37.3 Å². The van der Waals surface area contributed by atoms with Gasteiger partial charge in [0.1, 0.15) is 34.4 Å². The Hall–Kier alpha value is -4.34. The smallest absolute Gasteiger partial charge is 0.318 e. The third-order valence-electron chi connectivity index (χ3n) is 6.47. The standard InChI is InChI=1S/C29H32F2N2O6/c1-29(27(31)18-34,23-8-6-7-9-24(23)30)32-28(35)33(16-19-10-12-21(36-2)14-25(19)38-4)17-20-11-13-22(37-3)15-26(20)39-5/h6-15,18,27H,16-17H2,1-5H3,(H,32,35)/t27-,29+/m0/s1. The molecule has 0 spiro atoms. The lowest BCUT2D eigenvalue weighted by atomic mass is 9.87. The zero-order chi connectivity index (χ0) is 28.6. The summed E-state index contributed by atoms with van der Waals surface area (Å²) in [7, 11) is 6.02. The molecule has 0 aliphatic heterocycles. The Bertz CT molecular complexity index is 1250. The molecule has 10 heteroatoms. The molecule has 0 radical (unpaired) electrons. The fourth-order valence-corrected chi connectivity index (χ4v) is 4.18. The number of rotatable bonds is 12. The monoisotopic (exact) mass is 542 g/mol. The van der Waals surface area contributed by atoms with Crippen LogP contribution >= 0.6 is 0 Å². The summed E-state index contributed by atoms with van der Waals surface area (Å²) in [4.78, 5) is 26.7. The molecule has 0 saturated carbocycles. The van der Waals surface area contributed by atoms with Gasteiger partial charge in [0.05, 0.1) is 41.5 Å². The third kappa shape index (κ3) is 6.57. The van der Waals surface area contributed by atoms with Crippen molar-refractivity contribution in [3.8, 4) is 23.0 Å². The summed E-state index contributed by atoms with van der Waals surface area (Å²) in [5.41, 5.74) is -0.903. The molecule has 208 valence electrons. The number of nitrogens with zero attached hydrogens (tertiary/aromatic N) is 1. The number of alkyl halides is 1. The van der Waals surface area contributed by atoms with Crippen molar-refractivity contribution in [1.29, 1.82) is 0 Å². The number of hydrogen-bond acceptors (Lipinski definition) is 6. The molecule has 0 aliphatic carbocycles. The lowest BCUT2D eigenvalue weighted by Gasteiger charge is -2.35. The van der Waals surface area contributed by atoms with Crippen molar-refractivity contribution >= 4 is 12.3 Å². The molecule has 3 aromatic rings. The molecule has 1 N–H and O–H groups in total. The maximum Gasteiger partial charge on any atom is 0.318 e. The average Bonchev–Trinajstić information content (AvgIpc) is 2.96. The van der Waals surface area contributed by atoms with Crippen LogP contribution in [0.1, 0.15) is 23.6 Å². The van der Waals surface area contributed by atoms with Crippen LogP contribution in [0.5, 0.6) is 23.0 Å². The van der Waals surface area contributed by atoms with Crippen LogP contribution in [0.4, 0.5) is 13.6 Å². The van der Waals surface area contributed by atoms with Gasteiger partial charge in [-0.3, -0.25) is 0 Å². The van der Waals surface area contributed by atoms with Crippen LogP contribution in [0.15, 0.2) is 60.7 Å². The molecule has 8 nitrogen and oxygen atoms in total. The molecule has 39 heavy (non-hydrogen) atoms. The second-order valence-electron chi connectivity index (χ2n) is 8.86. The summed E-state index contributed by atoms with van der Waals surface area (Å²) in [6.45, 7) is 1.29. The van der Waals surface area contributed by atoms with Crippen molar-refractivity contribution in [3.05, 3.63) is 83.2 Å². The molecule has 0 saturated heterocycles. The number of urea groups is 1. The van der Waals surface area contributed by atoms with Crippen molar-refractivity contribution in [2.75, 3.05) is 28.4 Å². The predicted molar refractivity (Wildman–Crippen MR) is 142 cm³/mol. The van der Waals surface area contributed by atoms with E-state index in [0.717, 1.165) is 6.07 Å². The van der Waals surface area contributed by atoms with Gasteiger partial charge in [-0.1, -0.05) is 18.2 Å². The molecule has 0 unspecified atom stereocenters. The summed E-state index contributed by atoms with van der Waals surface area (Å²) in [6.07, 6.45) is -2.19. The normalized spacial score (nSPS) is 13.0. The molecule has 2 amide bonds. The Balaban J connectivity index is 2.05. The van der Waals surface area contributed by atoms with Crippen molar-refractivity contribution in [2.45, 2.75) is 31.7 Å². The summed E-state index contributed by atoms with van der Waals surface area (Å²) in [6, 6.07) is 14.9. The minimum absolute atomic E-state index is 0.0135. The molecule has 3 rings (SSSR count). The van der Waals surface area contributed by atoms with Gasteiger partial charge >= 0.3 is 6.03 Å². The van der Waals surface area contributed by atoms with Crippen LogP contribution in [-0.4, -0.2) is 51.8 Å². The van der Waals surface area contributed by atoms with Crippen LogP contribution in [-0.2, 0) is 23.4 Å². The maximum atomic E-state index is 15.1. The fourth-order valence-electron chi connectivity index (χ4n) is 4.18. The Morgan fingerprint density at radius 2 is 1.41 bits per heavy atom. The summed E-state index contributed by atoms with van der Waals surface area (Å²) < 4.78 is 51.4. The van der Waals surface area contributed by atoms with Gasteiger partial charge in [-0.15, -0.1) is 0 Å². The van der Waals surface area contributed by atoms with Gasteiger partial charge in [0.25, 0.3) is 0 Å². The number of carbonyl (C=O) groups is 2. The molecule has 0 aromatic heterocycles. The van der Waals surface area contributed by atoms with E-state index in [1.54, 1.807) is 36.4 Å². The molecule has 3 aromatic carbocycles. The molecule has 0 bridgehead atoms. The topological polar surface area (TPSA) is 86.3 Å². The Morgan fingerprint density at radius 1 is 0.897 bits per heavy atom. The number of hydrogen-bond donors (Lipinski definition) is 1. The second kappa shape index (κ2) is 12.9. The zero-order valence-electron chi connectivity index (χ0n) is 22.5. The first-order valence-corrected chi connectivity index (χ1v) is 12.0. The van der Waals surface area contributed by atoms with E-state index in [-0.39, 0.29) is 24.9 Å². The van der Waals surface area contributed by atoms with E-state index in [1.165, 1.54) is 58.5 Å². The van der Waals surface area contributed by atoms with Crippen molar-refractivity contribution in [3.63, 3.8) is 0 Å². The minimum atomic E-state index is -2.23. The lowest BCUT2D eigenvalue weighted by molar-refractivity contribution is -0.114. The van der Waals surface area contributed by atoms with Gasteiger partial charge in [0.15, 0.2) is 12.5 Å². The maximum absolute atomic E-state index is 15.1. The molecular weight excluding hydrogens is 510 g/mol. The molecule has 2 atom stereocenters. The van der Waals surface area contributed by atoms with Crippen LogP contribution < -0.4 is 24.3 Å². The van der Waals surface area contributed by atoms with E-state index in [1.807, 2.05) is 0 Å². The van der Waals surface area contributed by atoms with E-state index in [0.29, 0.717) is 34.1 Å². The van der Waals surface area contributed by atoms with E-state index < -0.39 is 23.6 Å². The van der Waals surface area contributed by atoms with Crippen LogP contribution in [0.3, 0.4) is 0 Å². The number of benzene rings is 3. The number of nitrogens with one attached hydrogen (secondary N) is 1. The highest BCUT2D eigenvalue weighted by Crippen LogP contribution is 2.32. The molecule has 0 heterocycles. The summed E-state index contributed by atoms with van der Waals surface area (Å²) in [5.74, 6) is 1.28. The Kier molecular flexibility index (Phi) is 9.70. The summed E-state index contributed by atoms with van der Waals surface area (Å²) >= 11 is 0. The number of amides is 2. The van der Waals surface area contributed by atoms with E-state index in [9.17, 15) is 14.0 Å². The quantitative estimate of drug-likeness (QED) is 0.324. The number of carbonyl (C=O) groups excluding carboxylic acids is 2. The van der Waals surface area contributed by atoms with Crippen molar-refractivity contribution in [2.24, 2.45) is 0 Å². The van der Waals surface area contributed by atoms with Gasteiger partial charge in [0.2, 0.25) is 0 Å². The first-order valence-electron chi connectivity index (χ1n) is 12.0. The Morgan fingerprint density at radius 3 is 1.85 bits per heavy atom. The minimum Gasteiger partial charge on any atom is -0.497 e.